The summed E-state index contributed by atoms with van der Waals surface area (Å²) in [6, 6.07) is 18.2. The van der Waals surface area contributed by atoms with Crippen LogP contribution in [0.1, 0.15) is 30.4 Å². The van der Waals surface area contributed by atoms with E-state index in [-0.39, 0.29) is 29.4 Å². The molecule has 0 aromatic heterocycles. The number of nitrogens with zero attached hydrogens (tertiary/aromatic N) is 1. The molecule has 1 fully saturated rings. The summed E-state index contributed by atoms with van der Waals surface area (Å²) < 4.78 is 0. The van der Waals surface area contributed by atoms with E-state index in [4.69, 9.17) is 0 Å². The van der Waals surface area contributed by atoms with E-state index in [2.05, 4.69) is 46.0 Å². The number of guanidine groups is 1. The lowest BCUT2D eigenvalue weighted by Crippen LogP contribution is -2.41. The van der Waals surface area contributed by atoms with Crippen molar-refractivity contribution in [2.75, 3.05) is 20.1 Å². The molecule has 2 aromatic carbocycles. The van der Waals surface area contributed by atoms with Crippen molar-refractivity contribution >= 4 is 29.9 Å². The van der Waals surface area contributed by atoms with E-state index in [9.17, 15) is 5.11 Å². The molecule has 3 rings (SSSR count). The first-order chi connectivity index (χ1) is 12.2. The number of aromatic hydroxyl groups is 1. The first-order valence-corrected chi connectivity index (χ1v) is 9.00. The number of halogens is 1. The Balaban J connectivity index is 0.00000243. The predicted octanol–water partition coefficient (Wildman–Crippen LogP) is 3.84. The molecule has 0 unspecified atom stereocenters. The number of nitrogens with one attached hydrogen (secondary N) is 2. The van der Waals surface area contributed by atoms with Gasteiger partial charge in [0.1, 0.15) is 5.75 Å². The van der Waals surface area contributed by atoms with Gasteiger partial charge in [0.25, 0.3) is 0 Å². The van der Waals surface area contributed by atoms with E-state index in [0.29, 0.717) is 5.75 Å². The molecule has 1 aliphatic carbocycles. The van der Waals surface area contributed by atoms with Crippen LogP contribution in [-0.2, 0) is 11.8 Å². The molecule has 0 heterocycles. The minimum Gasteiger partial charge on any atom is -0.508 e. The van der Waals surface area contributed by atoms with Crippen LogP contribution in [0.15, 0.2) is 59.6 Å². The maximum absolute atomic E-state index is 9.31. The Morgan fingerprint density at radius 2 is 1.73 bits per heavy atom. The molecule has 26 heavy (non-hydrogen) atoms. The summed E-state index contributed by atoms with van der Waals surface area (Å²) in [4.78, 5) is 4.33. The molecular weight excluding hydrogens is 437 g/mol. The Hall–Kier alpha value is -1.76. The number of hydrogen-bond acceptors (Lipinski definition) is 2. The van der Waals surface area contributed by atoms with Gasteiger partial charge in [-0.15, -0.1) is 24.0 Å². The van der Waals surface area contributed by atoms with Gasteiger partial charge in [-0.1, -0.05) is 42.5 Å². The first-order valence-electron chi connectivity index (χ1n) is 9.00. The summed E-state index contributed by atoms with van der Waals surface area (Å²) in [5, 5.41) is 16.2. The summed E-state index contributed by atoms with van der Waals surface area (Å²) in [6.07, 6.45) is 4.48. The van der Waals surface area contributed by atoms with Gasteiger partial charge in [-0.25, -0.2) is 0 Å². The number of hydrogen-bond donors (Lipinski definition) is 3. The minimum absolute atomic E-state index is 0. The number of aliphatic imine (C=N–C) groups is 1. The maximum Gasteiger partial charge on any atom is 0.191 e. The lowest BCUT2D eigenvalue weighted by atomic mass is 9.96. The molecule has 2 aromatic rings. The number of phenols is 1. The van der Waals surface area contributed by atoms with Crippen LogP contribution in [-0.4, -0.2) is 31.2 Å². The highest BCUT2D eigenvalue weighted by Gasteiger charge is 2.43. The fraction of sp³-hybridized carbons (Fsp3) is 0.381. The molecule has 1 saturated carbocycles. The van der Waals surface area contributed by atoms with Crippen molar-refractivity contribution in [3.63, 3.8) is 0 Å². The summed E-state index contributed by atoms with van der Waals surface area (Å²) in [5.41, 5.74) is 2.94. The second-order valence-corrected chi connectivity index (χ2v) is 6.77. The molecule has 0 amide bonds. The highest BCUT2D eigenvalue weighted by atomic mass is 127. The van der Waals surface area contributed by atoms with Crippen LogP contribution in [0.5, 0.6) is 5.75 Å². The molecule has 0 spiro atoms. The number of aryl methyl sites for hydroxylation is 1. The van der Waals surface area contributed by atoms with Crippen molar-refractivity contribution < 1.29 is 5.11 Å². The Bertz CT molecular complexity index is 697. The highest BCUT2D eigenvalue weighted by molar-refractivity contribution is 14.0. The van der Waals surface area contributed by atoms with Gasteiger partial charge in [-0.3, -0.25) is 4.99 Å². The molecule has 0 bridgehead atoms. The van der Waals surface area contributed by atoms with E-state index in [1.165, 1.54) is 24.0 Å². The number of rotatable bonds is 7. The second-order valence-electron chi connectivity index (χ2n) is 6.77. The molecule has 1 aliphatic rings. The zero-order valence-electron chi connectivity index (χ0n) is 15.2. The van der Waals surface area contributed by atoms with Crippen molar-refractivity contribution in [3.05, 3.63) is 65.7 Å². The van der Waals surface area contributed by atoms with Gasteiger partial charge in [0.15, 0.2) is 5.96 Å². The third-order valence-electron chi connectivity index (χ3n) is 4.93. The molecule has 0 radical (unpaired) electrons. The molecule has 140 valence electrons. The summed E-state index contributed by atoms with van der Waals surface area (Å²) in [7, 11) is 1.82. The molecule has 0 aliphatic heterocycles. The molecule has 4 nitrogen and oxygen atoms in total. The quantitative estimate of drug-likeness (QED) is 0.252. The fourth-order valence-corrected chi connectivity index (χ4v) is 3.15. The average Bonchev–Trinajstić information content (AvgIpc) is 3.44. The van der Waals surface area contributed by atoms with Gasteiger partial charge in [-0.05, 0) is 48.9 Å². The van der Waals surface area contributed by atoms with Gasteiger partial charge in [0.2, 0.25) is 0 Å². The lowest BCUT2D eigenvalue weighted by molar-refractivity contribution is 0.475. The third kappa shape index (κ3) is 5.62. The van der Waals surface area contributed by atoms with E-state index < -0.39 is 0 Å². The first kappa shape index (κ1) is 20.6. The zero-order valence-corrected chi connectivity index (χ0v) is 17.6. The summed E-state index contributed by atoms with van der Waals surface area (Å²) in [6.45, 7) is 1.80. The molecule has 5 heteroatoms. The van der Waals surface area contributed by atoms with E-state index >= 15 is 0 Å². The average molecular weight is 465 g/mol. The van der Waals surface area contributed by atoms with Crippen molar-refractivity contribution in [1.82, 2.24) is 10.6 Å². The summed E-state index contributed by atoms with van der Waals surface area (Å²) >= 11 is 0. The number of phenolic OH excluding ortho intramolecular Hbond substituents is 1. The second kappa shape index (κ2) is 9.80. The van der Waals surface area contributed by atoms with Crippen LogP contribution < -0.4 is 10.6 Å². The normalized spacial score (nSPS) is 15.0. The van der Waals surface area contributed by atoms with Crippen LogP contribution in [0.3, 0.4) is 0 Å². The van der Waals surface area contributed by atoms with Crippen LogP contribution in [0.25, 0.3) is 0 Å². The molecule has 0 atom stereocenters. The third-order valence-corrected chi connectivity index (χ3v) is 4.93. The smallest absolute Gasteiger partial charge is 0.191 e. The van der Waals surface area contributed by atoms with Crippen LogP contribution >= 0.6 is 24.0 Å². The van der Waals surface area contributed by atoms with E-state index in [1.807, 2.05) is 19.2 Å². The van der Waals surface area contributed by atoms with Gasteiger partial charge >= 0.3 is 0 Å². The molecule has 0 saturated heterocycles. The van der Waals surface area contributed by atoms with Crippen LogP contribution in [0.2, 0.25) is 0 Å². The van der Waals surface area contributed by atoms with Crippen molar-refractivity contribution in [2.45, 2.75) is 31.1 Å². The molecular formula is C21H28IN3O. The Morgan fingerprint density at radius 3 is 2.35 bits per heavy atom. The highest BCUT2D eigenvalue weighted by Crippen LogP contribution is 2.47. The predicted molar refractivity (Wildman–Crippen MR) is 119 cm³/mol. The standard InChI is InChI=1S/C21H27N3O.HI/c1-22-20(23-15-5-6-17-9-11-19(25)12-10-17)24-16-21(13-14-21)18-7-3-2-4-8-18;/h2-4,7-12,25H,5-6,13-16H2,1H3,(H2,22,23,24);1H. The maximum atomic E-state index is 9.31. The Labute approximate surface area is 173 Å². The SMILES string of the molecule is CN=C(NCCCc1ccc(O)cc1)NCC1(c2ccccc2)CC1.I. The monoisotopic (exact) mass is 465 g/mol. The fourth-order valence-electron chi connectivity index (χ4n) is 3.15. The minimum atomic E-state index is 0. The molecule has 3 N–H and O–H groups in total. The topological polar surface area (TPSA) is 56.7 Å². The van der Waals surface area contributed by atoms with E-state index in [1.54, 1.807) is 12.1 Å². The van der Waals surface area contributed by atoms with Crippen molar-refractivity contribution in [2.24, 2.45) is 4.99 Å². The van der Waals surface area contributed by atoms with Crippen molar-refractivity contribution in [1.29, 1.82) is 0 Å². The van der Waals surface area contributed by atoms with Crippen LogP contribution in [0.4, 0.5) is 0 Å². The Kier molecular flexibility index (Phi) is 7.75. The Morgan fingerprint density at radius 1 is 1.04 bits per heavy atom. The zero-order chi connectivity index (χ0) is 17.5. The largest absolute Gasteiger partial charge is 0.508 e. The van der Waals surface area contributed by atoms with Crippen LogP contribution in [0, 0.1) is 0 Å². The van der Waals surface area contributed by atoms with Gasteiger partial charge < -0.3 is 15.7 Å². The number of benzene rings is 2. The van der Waals surface area contributed by atoms with Gasteiger partial charge in [0, 0.05) is 25.6 Å². The summed E-state index contributed by atoms with van der Waals surface area (Å²) in [5.74, 6) is 1.19. The van der Waals surface area contributed by atoms with E-state index in [0.717, 1.165) is 31.9 Å². The lowest BCUT2D eigenvalue weighted by Gasteiger charge is -2.19. The van der Waals surface area contributed by atoms with Gasteiger partial charge in [0.05, 0.1) is 0 Å². The van der Waals surface area contributed by atoms with Gasteiger partial charge in [-0.2, -0.15) is 0 Å². The van der Waals surface area contributed by atoms with Crippen molar-refractivity contribution in [3.8, 4) is 5.75 Å².